The number of halogens is 7. The summed E-state index contributed by atoms with van der Waals surface area (Å²) in [6.07, 6.45) is -0.0329. The lowest BCUT2D eigenvalue weighted by atomic mass is 9.90. The number of nitrogens with two attached hydrogens (primary N) is 1. The topological polar surface area (TPSA) is 92.9 Å². The fraction of sp³-hybridized carbons (Fsp3) is 0.571. The summed E-state index contributed by atoms with van der Waals surface area (Å²) < 4.78 is 100. The molecule has 0 unspecified atom stereocenters. The van der Waals surface area contributed by atoms with E-state index in [0.29, 0.717) is 56.7 Å². The van der Waals surface area contributed by atoms with Crippen LogP contribution in [0.2, 0.25) is 5.02 Å². The van der Waals surface area contributed by atoms with E-state index in [2.05, 4.69) is 24.7 Å². The Labute approximate surface area is 295 Å². The van der Waals surface area contributed by atoms with Gasteiger partial charge in [-0.05, 0) is 75.1 Å². The molecule has 0 aliphatic carbocycles. The van der Waals surface area contributed by atoms with Crippen LogP contribution in [0.15, 0.2) is 18.0 Å². The van der Waals surface area contributed by atoms with E-state index in [-0.39, 0.29) is 65.3 Å². The molecule has 8 heterocycles. The number of alkyl halides is 4. The molecule has 0 radical (unpaired) electrons. The number of rotatable bonds is 7. The maximum Gasteiger partial charge on any atom is 0.418 e. The summed E-state index contributed by atoms with van der Waals surface area (Å²) in [6.45, 7) is 3.99. The van der Waals surface area contributed by atoms with Crippen molar-refractivity contribution in [3.05, 3.63) is 39.9 Å². The maximum absolute atomic E-state index is 17.2. The van der Waals surface area contributed by atoms with Crippen LogP contribution in [0.25, 0.3) is 22.2 Å². The average molecular weight is 738 g/mol. The van der Waals surface area contributed by atoms with E-state index >= 15 is 4.39 Å². The van der Waals surface area contributed by atoms with Gasteiger partial charge in [0.05, 0.1) is 51.8 Å². The molecule has 4 atom stereocenters. The van der Waals surface area contributed by atoms with Gasteiger partial charge in [0.15, 0.2) is 11.6 Å². The van der Waals surface area contributed by atoms with Crippen LogP contribution in [0, 0.1) is 18.7 Å². The van der Waals surface area contributed by atoms with Crippen LogP contribution in [0.3, 0.4) is 0 Å². The fourth-order valence-corrected chi connectivity index (χ4v) is 9.50. The Hall–Kier alpha value is -3.56. The van der Waals surface area contributed by atoms with Gasteiger partial charge in [-0.1, -0.05) is 11.6 Å². The number of fused-ring (bicyclic) bond motifs is 3. The summed E-state index contributed by atoms with van der Waals surface area (Å²) >= 11 is 6.89. The zero-order valence-electron chi connectivity index (χ0n) is 28.0. The number of hydrogen-bond donors (Lipinski definition) is 1. The smallest absolute Gasteiger partial charge is 0.418 e. The van der Waals surface area contributed by atoms with Crippen molar-refractivity contribution in [2.75, 3.05) is 63.2 Å². The quantitative estimate of drug-likeness (QED) is 0.261. The van der Waals surface area contributed by atoms with Gasteiger partial charge in [0.25, 0.3) is 0 Å². The molecule has 9 nitrogen and oxygen atoms in total. The van der Waals surface area contributed by atoms with E-state index in [0.717, 1.165) is 38.3 Å². The van der Waals surface area contributed by atoms with Gasteiger partial charge in [-0.25, -0.2) is 13.8 Å². The number of piperidine rings is 1. The second kappa shape index (κ2) is 12.8. The number of aryl methyl sites for hydroxylation is 1. The van der Waals surface area contributed by atoms with Crippen molar-refractivity contribution in [2.45, 2.75) is 69.2 Å². The van der Waals surface area contributed by atoms with Crippen LogP contribution in [0.4, 0.5) is 38.0 Å². The van der Waals surface area contributed by atoms with Gasteiger partial charge in [-0.2, -0.15) is 23.1 Å². The minimum Gasteiger partial charge on any atom is -0.489 e. The van der Waals surface area contributed by atoms with Gasteiger partial charge >= 0.3 is 12.2 Å². The van der Waals surface area contributed by atoms with Crippen molar-refractivity contribution in [3.63, 3.8) is 0 Å². The Morgan fingerprint density at radius 2 is 2.02 bits per heavy atom. The van der Waals surface area contributed by atoms with E-state index in [9.17, 15) is 22.0 Å². The van der Waals surface area contributed by atoms with Crippen molar-refractivity contribution >= 4 is 34.1 Å². The van der Waals surface area contributed by atoms with Crippen LogP contribution < -0.4 is 20.1 Å². The highest BCUT2D eigenvalue weighted by molar-refractivity contribution is 6.36. The number of nitrogen functional groups attached to an aromatic ring is 1. The minimum atomic E-state index is -4.92. The number of hydrogen-bond acceptors (Lipinski definition) is 9. The summed E-state index contributed by atoms with van der Waals surface area (Å²) in [4.78, 5) is 19.8. The Bertz CT molecular complexity index is 1910. The largest absolute Gasteiger partial charge is 0.489 e. The lowest BCUT2D eigenvalue weighted by molar-refractivity contribution is -0.137. The first-order valence-corrected chi connectivity index (χ1v) is 17.7. The third-order valence-corrected chi connectivity index (χ3v) is 11.8. The molecule has 5 saturated heterocycles. The number of nitrogens with zero attached hydrogens (tertiary/aromatic N) is 6. The van der Waals surface area contributed by atoms with Gasteiger partial charge in [0.2, 0.25) is 0 Å². The summed E-state index contributed by atoms with van der Waals surface area (Å²) in [6, 6.07) is 0.689. The molecular weight excluding hydrogens is 700 g/mol. The normalized spacial score (nSPS) is 27.1. The molecule has 0 spiro atoms. The Kier molecular flexibility index (Phi) is 8.69. The third kappa shape index (κ3) is 5.74. The SMILES string of the molecule is Cc1cc(N)nc(-c2c(Cl)c3c4c(nc(OC[C@@]56CCCN5C/C(=C/F)C6)nc4c2F)N2C[C@H]4CC[C@H](CN4CCCF)[C@H]2CO3)c1C(F)(F)F. The van der Waals surface area contributed by atoms with Crippen molar-refractivity contribution in [3.8, 4) is 23.0 Å². The van der Waals surface area contributed by atoms with Crippen molar-refractivity contribution in [2.24, 2.45) is 5.92 Å². The zero-order chi connectivity index (χ0) is 35.8. The zero-order valence-corrected chi connectivity index (χ0v) is 28.8. The predicted molar refractivity (Wildman–Crippen MR) is 180 cm³/mol. The molecule has 9 rings (SSSR count). The second-order valence-corrected chi connectivity index (χ2v) is 14.9. The molecule has 16 heteroatoms. The molecule has 5 fully saturated rings. The Morgan fingerprint density at radius 1 is 1.20 bits per heavy atom. The lowest BCUT2D eigenvalue weighted by Crippen LogP contribution is -2.45. The maximum atomic E-state index is 17.2. The van der Waals surface area contributed by atoms with Crippen LogP contribution in [-0.2, 0) is 6.18 Å². The molecule has 274 valence electrons. The van der Waals surface area contributed by atoms with Gasteiger partial charge in [-0.15, -0.1) is 0 Å². The predicted octanol–water partition coefficient (Wildman–Crippen LogP) is 6.89. The highest BCUT2D eigenvalue weighted by Gasteiger charge is 2.48. The molecule has 6 aliphatic heterocycles. The monoisotopic (exact) mass is 737 g/mol. The molecule has 6 aliphatic rings. The average Bonchev–Trinajstić information content (AvgIpc) is 3.46. The first kappa shape index (κ1) is 34.5. The first-order chi connectivity index (χ1) is 24.4. The molecule has 1 aromatic carbocycles. The number of aromatic nitrogens is 3. The van der Waals surface area contributed by atoms with Crippen molar-refractivity contribution in [1.82, 2.24) is 24.8 Å². The third-order valence-electron chi connectivity index (χ3n) is 11.5. The summed E-state index contributed by atoms with van der Waals surface area (Å²) in [5.74, 6) is -1.07. The summed E-state index contributed by atoms with van der Waals surface area (Å²) in [7, 11) is 0. The molecule has 2 aromatic heterocycles. The number of ether oxygens (including phenoxy) is 2. The first-order valence-electron chi connectivity index (χ1n) is 17.3. The van der Waals surface area contributed by atoms with Gasteiger partial charge < -0.3 is 20.1 Å². The van der Waals surface area contributed by atoms with E-state index < -0.39 is 46.1 Å². The van der Waals surface area contributed by atoms with E-state index in [1.54, 1.807) is 0 Å². The van der Waals surface area contributed by atoms with Gasteiger partial charge in [-0.3, -0.25) is 14.2 Å². The van der Waals surface area contributed by atoms with Crippen molar-refractivity contribution < 1.29 is 35.8 Å². The molecule has 0 saturated carbocycles. The fourth-order valence-electron chi connectivity index (χ4n) is 9.18. The van der Waals surface area contributed by atoms with Gasteiger partial charge in [0.1, 0.15) is 30.4 Å². The molecule has 2 N–H and O–H groups in total. The Morgan fingerprint density at radius 3 is 2.78 bits per heavy atom. The molecular formula is C35H38ClF6N7O2. The molecule has 0 amide bonds. The summed E-state index contributed by atoms with van der Waals surface area (Å²) in [5.41, 5.74) is 2.92. The molecule has 3 aromatic rings. The van der Waals surface area contributed by atoms with Gasteiger partial charge in [0, 0.05) is 32.2 Å². The number of anilines is 2. The second-order valence-electron chi connectivity index (χ2n) is 14.5. The van der Waals surface area contributed by atoms with Crippen LogP contribution in [-0.4, -0.2) is 95.0 Å². The molecule has 2 bridgehead atoms. The van der Waals surface area contributed by atoms with Crippen LogP contribution >= 0.6 is 11.6 Å². The van der Waals surface area contributed by atoms with E-state index in [4.69, 9.17) is 31.8 Å². The highest BCUT2D eigenvalue weighted by Crippen LogP contribution is 2.52. The van der Waals surface area contributed by atoms with Crippen LogP contribution in [0.5, 0.6) is 11.8 Å². The molecule has 51 heavy (non-hydrogen) atoms. The Balaban J connectivity index is 1.31. The highest BCUT2D eigenvalue weighted by atomic mass is 35.5. The van der Waals surface area contributed by atoms with E-state index in [1.165, 1.54) is 6.92 Å². The lowest BCUT2D eigenvalue weighted by Gasteiger charge is -2.36. The summed E-state index contributed by atoms with van der Waals surface area (Å²) in [5, 5.41) is -0.281. The van der Waals surface area contributed by atoms with Crippen molar-refractivity contribution in [1.29, 1.82) is 0 Å². The van der Waals surface area contributed by atoms with E-state index in [1.807, 2.05) is 0 Å². The standard InChI is InChI=1S/C35H38ClF6N7O2/c1-18-10-23(43)44-29(26(18)35(40,41)42)24-27(36)31-25-30(28(24)39)45-33(51-17-34-6-2-9-48(34)13-19(11-34)12-38)46-32(25)49-15-21-5-4-20(22(49)16-50-31)14-47(21)8-3-7-37/h10,12,20-22H,2-9,11,13-17H2,1H3,(H2,43,44)/b19-12+/t20-,21-,22-,34+/m1/s1. The van der Waals surface area contributed by atoms with Crippen LogP contribution in [0.1, 0.15) is 49.7 Å². The number of pyridine rings is 1. The minimum absolute atomic E-state index is 0.0491. The number of benzene rings is 1.